The average molecular weight is 1310 g/mol. The van der Waals surface area contributed by atoms with E-state index in [9.17, 15) is 28.8 Å². The number of hydrogen-bond donors (Lipinski definition) is 4. The Morgan fingerprint density at radius 3 is 1.25 bits per heavy atom. The number of hydrogen-bond acceptors (Lipinski definition) is 13. The number of fused-ring (bicyclic) bond motifs is 2. The van der Waals surface area contributed by atoms with E-state index in [1.54, 1.807) is 23.6 Å². The molecular formula is C74H98N8O13. The van der Waals surface area contributed by atoms with Crippen molar-refractivity contribution in [3.8, 4) is 0 Å². The standard InChI is InChI=1S/C74H98N8O13/c1-49(79(3)73(89)94-47-51-23-9-5-10-24-51)67(83)77-65(55-29-13-7-14-30-55)71(87)81-45-57(43-63(81)69(85)75-61-37-21-33-53-27-17-19-35-59(53)61)92-41-39-91-40-42-93-58-44-64(70(86)76-62-38-22-34-54-28-18-20-36-60(54)62)82(46-58)72(88)66(56-31-15-8-16-32-56)78-68(84)50(2)80(4)74(90)95-48-52-25-11-6-12-26-52/h5-6,9-12,17-20,23-28,35-36,49-50,55-58,61-66H,7-8,13-16,21-22,29-34,37-48H2,1-4H3,(H,75,85)(H,76,86)(H,77,83)(H,78,84)/t49-,50-,57-,58-,61+,62+,63-,64-,65-,66-/m0/s1. The zero-order valence-electron chi connectivity index (χ0n) is 55.8. The van der Waals surface area contributed by atoms with Gasteiger partial charge in [-0.3, -0.25) is 38.6 Å². The van der Waals surface area contributed by atoms with Gasteiger partial charge in [-0.25, -0.2) is 9.59 Å². The fraction of sp³-hybridized carbons (Fsp3) is 0.568. The van der Waals surface area contributed by atoms with Gasteiger partial charge in [0.05, 0.1) is 50.7 Å². The number of carbonyl (C=O) groups is 8. The molecule has 4 aromatic carbocycles. The van der Waals surface area contributed by atoms with Crippen LogP contribution in [0, 0.1) is 11.8 Å². The van der Waals surface area contributed by atoms with Gasteiger partial charge in [-0.1, -0.05) is 148 Å². The molecule has 0 bridgehead atoms. The van der Waals surface area contributed by atoms with Gasteiger partial charge in [0.2, 0.25) is 35.4 Å². The summed E-state index contributed by atoms with van der Waals surface area (Å²) in [5, 5.41) is 12.7. The van der Waals surface area contributed by atoms with E-state index < -0.39 is 72.5 Å². The lowest BCUT2D eigenvalue weighted by molar-refractivity contribution is -0.144. The van der Waals surface area contributed by atoms with E-state index >= 15 is 9.59 Å². The van der Waals surface area contributed by atoms with E-state index in [2.05, 4.69) is 33.4 Å². The van der Waals surface area contributed by atoms with Crippen molar-refractivity contribution in [3.63, 3.8) is 0 Å². The number of nitrogens with zero attached hydrogens (tertiary/aromatic N) is 4. The first-order valence-electron chi connectivity index (χ1n) is 34.8. The van der Waals surface area contributed by atoms with Crippen molar-refractivity contribution in [2.45, 2.75) is 203 Å². The average Bonchev–Trinajstić information content (AvgIpc) is 1.73. The van der Waals surface area contributed by atoms with Gasteiger partial charge in [0.25, 0.3) is 0 Å². The van der Waals surface area contributed by atoms with Crippen molar-refractivity contribution >= 4 is 47.6 Å². The lowest BCUT2D eigenvalue weighted by Crippen LogP contribution is -2.58. The van der Waals surface area contributed by atoms with Crippen molar-refractivity contribution in [2.24, 2.45) is 11.8 Å². The van der Waals surface area contributed by atoms with Crippen molar-refractivity contribution in [1.29, 1.82) is 0 Å². The van der Waals surface area contributed by atoms with Crippen LogP contribution in [0.5, 0.6) is 0 Å². The lowest BCUT2D eigenvalue weighted by Gasteiger charge is -2.36. The monoisotopic (exact) mass is 1310 g/mol. The molecule has 4 aromatic rings. The third-order valence-electron chi connectivity index (χ3n) is 20.5. The van der Waals surface area contributed by atoms with Crippen molar-refractivity contribution in [3.05, 3.63) is 143 Å². The molecule has 2 saturated heterocycles. The molecule has 8 amide bonds. The van der Waals surface area contributed by atoms with Crippen LogP contribution >= 0.6 is 0 Å². The molecule has 0 aromatic heterocycles. The van der Waals surface area contributed by atoms with Crippen LogP contribution in [-0.2, 0) is 78.5 Å². The Labute approximate surface area is 559 Å². The van der Waals surface area contributed by atoms with Gasteiger partial charge in [-0.15, -0.1) is 0 Å². The summed E-state index contributed by atoms with van der Waals surface area (Å²) in [5.41, 5.74) is 6.11. The predicted molar refractivity (Wildman–Crippen MR) is 356 cm³/mol. The van der Waals surface area contributed by atoms with Crippen LogP contribution in [0.2, 0.25) is 0 Å². The molecule has 6 aliphatic rings. The maximum atomic E-state index is 15.2. The van der Waals surface area contributed by atoms with Crippen LogP contribution in [0.15, 0.2) is 109 Å². The van der Waals surface area contributed by atoms with Gasteiger partial charge >= 0.3 is 12.2 Å². The first-order valence-corrected chi connectivity index (χ1v) is 34.8. The van der Waals surface area contributed by atoms with Gasteiger partial charge in [0.1, 0.15) is 49.5 Å². The quantitative estimate of drug-likeness (QED) is 0.0430. The Hall–Kier alpha value is -7.88. The molecule has 4 fully saturated rings. The summed E-state index contributed by atoms with van der Waals surface area (Å²) in [4.78, 5) is 120. The van der Waals surface area contributed by atoms with E-state index in [-0.39, 0.29) is 113 Å². The second-order valence-corrected chi connectivity index (χ2v) is 26.8. The van der Waals surface area contributed by atoms with Crippen LogP contribution in [0.1, 0.15) is 162 Å². The van der Waals surface area contributed by atoms with Gasteiger partial charge in [0, 0.05) is 40.0 Å². The number of nitrogens with one attached hydrogen (secondary N) is 4. The molecule has 4 aliphatic carbocycles. The third kappa shape index (κ3) is 18.4. The molecule has 4 N–H and O–H groups in total. The van der Waals surface area contributed by atoms with E-state index in [0.717, 1.165) is 99.3 Å². The summed E-state index contributed by atoms with van der Waals surface area (Å²) in [6.45, 7) is 4.07. The molecule has 10 atom stereocenters. The summed E-state index contributed by atoms with van der Waals surface area (Å²) in [7, 11) is 3.00. The van der Waals surface area contributed by atoms with Gasteiger partial charge in [-0.05, 0) is 123 Å². The minimum absolute atomic E-state index is 0.0337. The fourth-order valence-corrected chi connectivity index (χ4v) is 14.7. The summed E-state index contributed by atoms with van der Waals surface area (Å²) in [6, 6.07) is 28.6. The fourth-order valence-electron chi connectivity index (χ4n) is 14.7. The van der Waals surface area contributed by atoms with E-state index in [1.807, 2.05) is 97.1 Å². The number of carbonyl (C=O) groups excluding carboxylic acids is 8. The molecular weight excluding hydrogens is 1210 g/mol. The maximum absolute atomic E-state index is 15.2. The second-order valence-electron chi connectivity index (χ2n) is 26.8. The molecule has 2 aliphatic heterocycles. The van der Waals surface area contributed by atoms with Crippen molar-refractivity contribution < 1.29 is 62.0 Å². The molecule has 0 radical (unpaired) electrons. The number of amides is 8. The molecule has 21 nitrogen and oxygen atoms in total. The van der Waals surface area contributed by atoms with E-state index in [0.29, 0.717) is 25.7 Å². The molecule has 2 saturated carbocycles. The zero-order valence-corrected chi connectivity index (χ0v) is 55.8. The van der Waals surface area contributed by atoms with Crippen LogP contribution in [0.4, 0.5) is 9.59 Å². The maximum Gasteiger partial charge on any atom is 0.410 e. The van der Waals surface area contributed by atoms with E-state index in [4.69, 9.17) is 23.7 Å². The second kappa shape index (κ2) is 34.2. The summed E-state index contributed by atoms with van der Waals surface area (Å²) >= 11 is 0. The number of rotatable bonds is 26. The van der Waals surface area contributed by atoms with Crippen molar-refractivity contribution in [2.75, 3.05) is 53.6 Å². The number of likely N-dealkylation sites (N-methyl/N-ethyl adjacent to an activating group) is 2. The van der Waals surface area contributed by atoms with Crippen LogP contribution in [-0.4, -0.2) is 169 Å². The smallest absolute Gasteiger partial charge is 0.410 e. The number of ether oxygens (including phenoxy) is 5. The zero-order chi connectivity index (χ0) is 66.8. The van der Waals surface area contributed by atoms with Gasteiger partial charge < -0.3 is 54.8 Å². The van der Waals surface area contributed by atoms with E-state index in [1.165, 1.54) is 35.0 Å². The molecule has 95 heavy (non-hydrogen) atoms. The number of likely N-dealkylation sites (tertiary alicyclic amines) is 2. The van der Waals surface area contributed by atoms with Crippen LogP contribution in [0.25, 0.3) is 0 Å². The summed E-state index contributed by atoms with van der Waals surface area (Å²) < 4.78 is 30.1. The molecule has 0 unspecified atom stereocenters. The minimum Gasteiger partial charge on any atom is -0.445 e. The highest BCUT2D eigenvalue weighted by Crippen LogP contribution is 2.36. The topological polar surface area (TPSA) is 244 Å². The molecule has 21 heteroatoms. The molecule has 2 heterocycles. The van der Waals surface area contributed by atoms with Crippen LogP contribution in [0.3, 0.4) is 0 Å². The van der Waals surface area contributed by atoms with Gasteiger partial charge in [-0.2, -0.15) is 0 Å². The highest BCUT2D eigenvalue weighted by molar-refractivity contribution is 5.96. The Morgan fingerprint density at radius 2 is 0.853 bits per heavy atom. The first-order chi connectivity index (χ1) is 46.1. The number of aryl methyl sites for hydroxylation is 2. The Balaban J connectivity index is 0.774. The normalized spacial score (nSPS) is 22.5. The van der Waals surface area contributed by atoms with Gasteiger partial charge in [0.15, 0.2) is 0 Å². The molecule has 0 spiro atoms. The minimum atomic E-state index is -0.979. The number of benzene rings is 4. The largest absolute Gasteiger partial charge is 0.445 e. The molecule has 10 rings (SSSR count). The highest BCUT2D eigenvalue weighted by Gasteiger charge is 2.48. The highest BCUT2D eigenvalue weighted by atomic mass is 16.6. The molecule has 512 valence electrons. The Bertz CT molecular complexity index is 3020. The van der Waals surface area contributed by atoms with Crippen molar-refractivity contribution in [1.82, 2.24) is 40.9 Å². The summed E-state index contributed by atoms with van der Waals surface area (Å²) in [6.07, 6.45) is 11.6. The third-order valence-corrected chi connectivity index (χ3v) is 20.5. The summed E-state index contributed by atoms with van der Waals surface area (Å²) in [5.74, 6) is -2.72. The first kappa shape index (κ1) is 69.9. The SMILES string of the molecule is C[C@@H](C(=O)N[C@H](C(=O)N1C[C@@H](OCCOCCO[C@H]2C[C@@H](C(=O)N[C@@H]3CCCc4ccccc43)N(C(=O)[C@@H](NC(=O)[C@H](C)N(C)C(=O)OCc3ccccc3)C3CCCCC3)C2)C[C@H]1C(=O)N[C@@H]1CCCc2ccccc21)C1CCCCC1)N(C)C(=O)OCc1ccccc1. The lowest BCUT2D eigenvalue weighted by atomic mass is 9.83. The Kier molecular flexibility index (Phi) is 25.2. The predicted octanol–water partition coefficient (Wildman–Crippen LogP) is 8.81. The Morgan fingerprint density at radius 1 is 0.474 bits per heavy atom. The van der Waals surface area contributed by atoms with Crippen LogP contribution < -0.4 is 21.3 Å².